The summed E-state index contributed by atoms with van der Waals surface area (Å²) in [5.41, 5.74) is 4.45. The number of benzene rings is 2. The minimum Gasteiger partial charge on any atom is -0.508 e. The average molecular weight is 362 g/mol. The number of ketones is 1. The van der Waals surface area contributed by atoms with E-state index < -0.39 is 12.1 Å². The van der Waals surface area contributed by atoms with Crippen LogP contribution in [0.4, 0.5) is 4.79 Å². The molecule has 2 rings (SSSR count). The molecular formula is C19H19LiN2O5. The number of fused-ring (bicyclic) bond motifs is 1. The molecule has 0 bridgehead atoms. The Bertz CT molecular complexity index is 851. The van der Waals surface area contributed by atoms with Crippen molar-refractivity contribution in [2.45, 2.75) is 25.7 Å². The predicted molar refractivity (Wildman–Crippen MR) is 97.4 cm³/mol. The molecule has 0 spiro atoms. The van der Waals surface area contributed by atoms with E-state index in [2.05, 4.69) is 15.3 Å². The number of carbonyl (C=O) groups excluding carboxylic acids is 2. The van der Waals surface area contributed by atoms with E-state index in [4.69, 9.17) is 5.11 Å². The number of Topliss-reactive ketones (excluding diaryl/α,β-unsaturated/α-hetero) is 1. The summed E-state index contributed by atoms with van der Waals surface area (Å²) < 4.78 is 4.44. The summed E-state index contributed by atoms with van der Waals surface area (Å²) in [4.78, 5) is 34.0. The topological polar surface area (TPSA) is 107 Å². The van der Waals surface area contributed by atoms with Crippen LogP contribution in [0.2, 0.25) is 0 Å². The van der Waals surface area contributed by atoms with Crippen LogP contribution in [-0.2, 0) is 14.3 Å². The van der Waals surface area contributed by atoms with Crippen LogP contribution < -0.4 is 18.9 Å². The van der Waals surface area contributed by atoms with Gasteiger partial charge in [0.1, 0.15) is 5.78 Å². The molecule has 0 saturated heterocycles. The molecule has 1 N–H and O–H groups in total. The van der Waals surface area contributed by atoms with Crippen LogP contribution in [0.15, 0.2) is 47.6 Å². The number of nitrogens with zero attached hydrogens (tertiary/aromatic N) is 2. The number of carbonyl (C=O) groups is 3. The van der Waals surface area contributed by atoms with Crippen molar-refractivity contribution in [1.29, 1.82) is 0 Å². The molecule has 0 atom stereocenters. The smallest absolute Gasteiger partial charge is 0.508 e. The Labute approximate surface area is 169 Å². The molecule has 0 aromatic heterocycles. The van der Waals surface area contributed by atoms with E-state index in [0.29, 0.717) is 11.3 Å². The first-order chi connectivity index (χ1) is 12.5. The summed E-state index contributed by atoms with van der Waals surface area (Å²) in [7, 11) is 1.19. The first-order valence-corrected chi connectivity index (χ1v) is 8.08. The molecule has 0 aliphatic heterocycles. The molecule has 0 aliphatic rings. The molecule has 0 radical (unpaired) electrons. The number of aliphatic carboxylic acids is 1. The first kappa shape index (κ1) is 22.4. The predicted octanol–water partition coefficient (Wildman–Crippen LogP) is 0.902. The SMILES string of the molecule is COC(=O)[N-]/N=C(\CC(=O)CCCC(=O)O)c1ccc2ccccc2c1.[Li+]. The molecule has 2 aromatic rings. The van der Waals surface area contributed by atoms with Gasteiger partial charge in [0, 0.05) is 25.0 Å². The summed E-state index contributed by atoms with van der Waals surface area (Å²) in [5, 5.41) is 14.5. The van der Waals surface area contributed by atoms with Crippen molar-refractivity contribution in [3.05, 3.63) is 53.5 Å². The number of methoxy groups -OCH3 is 1. The van der Waals surface area contributed by atoms with Gasteiger partial charge in [-0.25, -0.2) is 0 Å². The Kier molecular flexibility index (Phi) is 9.27. The molecule has 136 valence electrons. The van der Waals surface area contributed by atoms with Crippen molar-refractivity contribution in [2.75, 3.05) is 7.11 Å². The molecule has 2 aromatic carbocycles. The van der Waals surface area contributed by atoms with Crippen LogP contribution in [0.1, 0.15) is 31.2 Å². The van der Waals surface area contributed by atoms with Crippen LogP contribution >= 0.6 is 0 Å². The summed E-state index contributed by atoms with van der Waals surface area (Å²) >= 11 is 0. The van der Waals surface area contributed by atoms with E-state index >= 15 is 0 Å². The zero-order valence-corrected chi connectivity index (χ0v) is 15.3. The Morgan fingerprint density at radius 1 is 1.07 bits per heavy atom. The van der Waals surface area contributed by atoms with Gasteiger partial charge in [0.15, 0.2) is 0 Å². The number of amides is 1. The molecule has 0 fully saturated rings. The standard InChI is InChI=1S/C19H20N2O5.Li/c1-26-19(25)21-20-17(12-16(22)7-4-8-18(23)24)15-10-9-13-5-2-3-6-14(13)11-15;/h2-3,5-6,9-11H,4,7-8,12H2,1H3,(H2,21,23,24,25);/q;+1/p-1/b20-17+;. The van der Waals surface area contributed by atoms with Gasteiger partial charge in [-0.15, -0.1) is 0 Å². The second-order valence-corrected chi connectivity index (χ2v) is 5.64. The molecule has 0 unspecified atom stereocenters. The molecule has 0 aliphatic carbocycles. The number of hydrogen-bond acceptors (Lipinski definition) is 5. The van der Waals surface area contributed by atoms with Crippen LogP contribution in [0.3, 0.4) is 0 Å². The Balaban J connectivity index is 0.00000364. The quantitative estimate of drug-likeness (QED) is 0.427. The van der Waals surface area contributed by atoms with Gasteiger partial charge in [-0.05, 0) is 28.8 Å². The fourth-order valence-corrected chi connectivity index (χ4v) is 2.42. The fourth-order valence-electron chi connectivity index (χ4n) is 2.42. The van der Waals surface area contributed by atoms with Crippen molar-refractivity contribution in [2.24, 2.45) is 5.10 Å². The second-order valence-electron chi connectivity index (χ2n) is 5.64. The third-order valence-electron chi connectivity index (χ3n) is 3.72. The largest absolute Gasteiger partial charge is 1.00 e. The van der Waals surface area contributed by atoms with Crippen LogP contribution in [0.5, 0.6) is 0 Å². The van der Waals surface area contributed by atoms with E-state index in [0.717, 1.165) is 10.8 Å². The number of carboxylic acids is 1. The van der Waals surface area contributed by atoms with Crippen LogP contribution in [0.25, 0.3) is 16.2 Å². The summed E-state index contributed by atoms with van der Waals surface area (Å²) in [5.74, 6) is -1.11. The molecular weight excluding hydrogens is 343 g/mol. The van der Waals surface area contributed by atoms with E-state index in [1.807, 2.05) is 36.4 Å². The van der Waals surface area contributed by atoms with Crippen molar-refractivity contribution >= 4 is 34.3 Å². The summed E-state index contributed by atoms with van der Waals surface area (Å²) in [6.07, 6.45) is -0.592. The normalized spacial score (nSPS) is 10.8. The fraction of sp³-hybridized carbons (Fsp3) is 0.263. The molecule has 27 heavy (non-hydrogen) atoms. The summed E-state index contributed by atoms with van der Waals surface area (Å²) in [6.45, 7) is 0. The first-order valence-electron chi connectivity index (χ1n) is 8.08. The van der Waals surface area contributed by atoms with Gasteiger partial charge in [-0.1, -0.05) is 36.4 Å². The Morgan fingerprint density at radius 2 is 1.78 bits per heavy atom. The van der Waals surface area contributed by atoms with E-state index in [9.17, 15) is 14.4 Å². The van der Waals surface area contributed by atoms with Gasteiger partial charge in [-0.2, -0.15) is 0 Å². The van der Waals surface area contributed by atoms with Gasteiger partial charge in [0.05, 0.1) is 7.11 Å². The molecule has 0 heterocycles. The van der Waals surface area contributed by atoms with E-state index in [-0.39, 0.29) is 50.3 Å². The minimum absolute atomic E-state index is 0. The van der Waals surface area contributed by atoms with Gasteiger partial charge in [0.2, 0.25) is 6.09 Å². The van der Waals surface area contributed by atoms with Crippen molar-refractivity contribution in [3.8, 4) is 0 Å². The zero-order valence-electron chi connectivity index (χ0n) is 15.3. The molecule has 0 saturated carbocycles. The molecule has 7 nitrogen and oxygen atoms in total. The van der Waals surface area contributed by atoms with Crippen LogP contribution in [0, 0.1) is 0 Å². The number of rotatable bonds is 8. The van der Waals surface area contributed by atoms with Gasteiger partial charge < -0.3 is 20.4 Å². The Morgan fingerprint density at radius 3 is 2.44 bits per heavy atom. The van der Waals surface area contributed by atoms with Crippen molar-refractivity contribution in [1.82, 2.24) is 0 Å². The third-order valence-corrected chi connectivity index (χ3v) is 3.72. The maximum atomic E-state index is 12.2. The Hall–Kier alpha value is -2.62. The summed E-state index contributed by atoms with van der Waals surface area (Å²) in [6, 6.07) is 13.3. The molecule has 1 amide bonds. The second kappa shape index (κ2) is 11.2. The van der Waals surface area contributed by atoms with Gasteiger partial charge in [0.25, 0.3) is 0 Å². The van der Waals surface area contributed by atoms with E-state index in [1.54, 1.807) is 6.07 Å². The number of carboxylic acid groups (broad SMARTS) is 1. The average Bonchev–Trinajstić information content (AvgIpc) is 2.64. The van der Waals surface area contributed by atoms with Crippen molar-refractivity contribution in [3.63, 3.8) is 0 Å². The zero-order chi connectivity index (χ0) is 18.9. The van der Waals surface area contributed by atoms with E-state index in [1.165, 1.54) is 7.11 Å². The minimum atomic E-state index is -0.943. The third kappa shape index (κ3) is 7.25. The van der Waals surface area contributed by atoms with Gasteiger partial charge in [-0.3, -0.25) is 14.4 Å². The van der Waals surface area contributed by atoms with Crippen LogP contribution in [-0.4, -0.2) is 35.8 Å². The molecule has 8 heteroatoms. The monoisotopic (exact) mass is 362 g/mol. The maximum absolute atomic E-state index is 12.2. The number of ether oxygens (including phenoxy) is 1. The maximum Gasteiger partial charge on any atom is 1.00 e. The van der Waals surface area contributed by atoms with Crippen molar-refractivity contribution < 1.29 is 43.1 Å². The van der Waals surface area contributed by atoms with Gasteiger partial charge >= 0.3 is 24.8 Å². The number of hydrogen-bond donors (Lipinski definition) is 1.